The molecule has 0 saturated heterocycles. The predicted molar refractivity (Wildman–Crippen MR) is 143 cm³/mol. The van der Waals surface area contributed by atoms with Gasteiger partial charge in [-0.15, -0.1) is 0 Å². The van der Waals surface area contributed by atoms with E-state index in [1.165, 1.54) is 12.1 Å². The van der Waals surface area contributed by atoms with Gasteiger partial charge in [0.05, 0.1) is 15.7 Å². The molecule has 2 aliphatic rings. The molecule has 0 bridgehead atoms. The zero-order valence-corrected chi connectivity index (χ0v) is 23.1. The van der Waals surface area contributed by atoms with Gasteiger partial charge in [0.1, 0.15) is 23.7 Å². The fourth-order valence-electron chi connectivity index (χ4n) is 4.33. The Morgan fingerprint density at radius 1 is 1.18 bits per heavy atom. The van der Waals surface area contributed by atoms with Crippen molar-refractivity contribution < 1.29 is 27.4 Å². The third kappa shape index (κ3) is 7.28. The minimum absolute atomic E-state index is 0.0229. The SMILES string of the molecule is CC(C)(C)OC(=O)NC1=CC=CCC1C1C=CC(OCc2cc(C(F)(F)F)nn2-c2c(Cl)cccc2Cl)=CC1. The van der Waals surface area contributed by atoms with Gasteiger partial charge in [-0.1, -0.05) is 47.5 Å². The highest BCUT2D eigenvalue weighted by Crippen LogP contribution is 2.36. The number of hydrogen-bond donors (Lipinski definition) is 1. The lowest BCUT2D eigenvalue weighted by Crippen LogP contribution is -2.35. The molecule has 0 radical (unpaired) electrons. The smallest absolute Gasteiger partial charge is 0.435 e. The molecule has 2 aliphatic carbocycles. The summed E-state index contributed by atoms with van der Waals surface area (Å²) in [6, 6.07) is 5.56. The Hall–Kier alpha value is -3.17. The summed E-state index contributed by atoms with van der Waals surface area (Å²) < 4.78 is 52.7. The molecule has 4 rings (SSSR count). The van der Waals surface area contributed by atoms with Crippen LogP contribution in [0.5, 0.6) is 0 Å². The molecule has 208 valence electrons. The second kappa shape index (κ2) is 11.5. The van der Waals surface area contributed by atoms with Gasteiger partial charge in [-0.05, 0) is 76.0 Å². The van der Waals surface area contributed by atoms with Gasteiger partial charge in [0, 0.05) is 11.6 Å². The first-order valence-corrected chi connectivity index (χ1v) is 13.1. The molecule has 0 spiro atoms. The maximum absolute atomic E-state index is 13.5. The zero-order chi connectivity index (χ0) is 28.4. The monoisotopic (exact) mass is 581 g/mol. The second-order valence-corrected chi connectivity index (χ2v) is 11.0. The molecular weight excluding hydrogens is 554 g/mol. The van der Waals surface area contributed by atoms with E-state index in [9.17, 15) is 18.0 Å². The Bertz CT molecular complexity index is 1330. The number of alkyl carbamates (subject to hydrolysis) is 1. The molecule has 11 heteroatoms. The van der Waals surface area contributed by atoms with Crippen LogP contribution in [0.25, 0.3) is 5.69 Å². The third-order valence-corrected chi connectivity index (χ3v) is 6.68. The third-order valence-electron chi connectivity index (χ3n) is 6.07. The summed E-state index contributed by atoms with van der Waals surface area (Å²) in [6.07, 6.45) is 7.61. The molecule has 2 atom stereocenters. The Kier molecular flexibility index (Phi) is 8.51. The Balaban J connectivity index is 1.45. The van der Waals surface area contributed by atoms with E-state index in [0.29, 0.717) is 12.2 Å². The maximum atomic E-state index is 13.5. The van der Waals surface area contributed by atoms with E-state index in [-0.39, 0.29) is 39.9 Å². The van der Waals surface area contributed by atoms with Crippen LogP contribution in [0, 0.1) is 11.8 Å². The Morgan fingerprint density at radius 3 is 2.51 bits per heavy atom. The number of benzene rings is 1. The summed E-state index contributed by atoms with van der Waals surface area (Å²) in [5.41, 5.74) is -0.646. The van der Waals surface area contributed by atoms with Gasteiger partial charge < -0.3 is 9.47 Å². The minimum Gasteiger partial charge on any atom is -0.488 e. The van der Waals surface area contributed by atoms with E-state index in [2.05, 4.69) is 10.4 Å². The van der Waals surface area contributed by atoms with Gasteiger partial charge in [-0.3, -0.25) is 5.32 Å². The number of nitrogens with zero attached hydrogens (tertiary/aromatic N) is 2. The molecule has 1 heterocycles. The molecule has 6 nitrogen and oxygen atoms in total. The molecule has 0 saturated carbocycles. The number of amides is 1. The first kappa shape index (κ1) is 28.8. The standard InChI is InChI=1S/C28H28Cl2F3N3O3/c1-27(2,3)39-26(37)34-23-10-5-4-7-20(23)17-11-13-19(14-12-17)38-16-18-15-24(28(31,32)33)35-36(18)25-21(29)8-6-9-22(25)30/h4-6,8-11,13-15,17,20H,7,12,16H2,1-3H3,(H,34,37). The first-order valence-electron chi connectivity index (χ1n) is 12.3. The first-order chi connectivity index (χ1) is 18.3. The summed E-state index contributed by atoms with van der Waals surface area (Å²) in [6.45, 7) is 5.21. The lowest BCUT2D eigenvalue weighted by Gasteiger charge is -2.30. The van der Waals surface area contributed by atoms with Crippen molar-refractivity contribution in [3.05, 3.63) is 93.6 Å². The Morgan fingerprint density at radius 2 is 1.90 bits per heavy atom. The van der Waals surface area contributed by atoms with Gasteiger partial charge in [0.25, 0.3) is 0 Å². The fraction of sp³-hybridized carbons (Fsp3) is 0.357. The Labute approximate surface area is 234 Å². The van der Waals surface area contributed by atoms with Crippen molar-refractivity contribution in [1.82, 2.24) is 15.1 Å². The van der Waals surface area contributed by atoms with E-state index >= 15 is 0 Å². The summed E-state index contributed by atoms with van der Waals surface area (Å²) >= 11 is 12.5. The molecule has 0 aliphatic heterocycles. The van der Waals surface area contributed by atoms with Gasteiger partial charge in [0.15, 0.2) is 5.69 Å². The minimum atomic E-state index is -4.65. The van der Waals surface area contributed by atoms with Gasteiger partial charge >= 0.3 is 12.3 Å². The maximum Gasteiger partial charge on any atom is 0.435 e. The number of para-hydroxylation sites is 1. The van der Waals surface area contributed by atoms with Crippen molar-refractivity contribution in [3.8, 4) is 5.69 Å². The van der Waals surface area contributed by atoms with Crippen LogP contribution >= 0.6 is 23.2 Å². The highest BCUT2D eigenvalue weighted by molar-refractivity contribution is 6.37. The van der Waals surface area contributed by atoms with Crippen molar-refractivity contribution >= 4 is 29.3 Å². The summed E-state index contributed by atoms with van der Waals surface area (Å²) in [5, 5.41) is 6.89. The van der Waals surface area contributed by atoms with Crippen molar-refractivity contribution in [3.63, 3.8) is 0 Å². The van der Waals surface area contributed by atoms with E-state index < -0.39 is 23.6 Å². The predicted octanol–water partition coefficient (Wildman–Crippen LogP) is 8.16. The summed E-state index contributed by atoms with van der Waals surface area (Å²) in [7, 11) is 0. The topological polar surface area (TPSA) is 65.4 Å². The number of allylic oxidation sites excluding steroid dienone is 7. The van der Waals surface area contributed by atoms with Crippen molar-refractivity contribution in [2.24, 2.45) is 11.8 Å². The molecule has 0 fully saturated rings. The quantitative estimate of drug-likeness (QED) is 0.373. The molecule has 1 aromatic carbocycles. The average molecular weight is 582 g/mol. The van der Waals surface area contributed by atoms with Crippen LogP contribution in [0.3, 0.4) is 0 Å². The zero-order valence-electron chi connectivity index (χ0n) is 21.6. The van der Waals surface area contributed by atoms with Crippen LogP contribution in [0.4, 0.5) is 18.0 Å². The van der Waals surface area contributed by atoms with E-state index in [1.54, 1.807) is 32.9 Å². The largest absolute Gasteiger partial charge is 0.488 e. The number of carbonyl (C=O) groups excluding carboxylic acids is 1. The van der Waals surface area contributed by atoms with Gasteiger partial charge in [-0.2, -0.15) is 18.3 Å². The number of aromatic nitrogens is 2. The van der Waals surface area contributed by atoms with E-state index in [0.717, 1.165) is 22.9 Å². The molecule has 2 unspecified atom stereocenters. The fourth-order valence-corrected chi connectivity index (χ4v) is 4.89. The molecule has 2 aromatic rings. The van der Waals surface area contributed by atoms with E-state index in [4.69, 9.17) is 32.7 Å². The van der Waals surface area contributed by atoms with Gasteiger partial charge in [-0.25, -0.2) is 9.48 Å². The van der Waals surface area contributed by atoms with Crippen LogP contribution < -0.4 is 5.32 Å². The van der Waals surface area contributed by atoms with Crippen LogP contribution in [0.2, 0.25) is 10.0 Å². The van der Waals surface area contributed by atoms with Crippen LogP contribution in [-0.2, 0) is 22.3 Å². The molecular formula is C28H28Cl2F3N3O3. The lowest BCUT2D eigenvalue weighted by atomic mass is 9.80. The van der Waals surface area contributed by atoms with Crippen LogP contribution in [0.15, 0.2) is 72.2 Å². The number of rotatable bonds is 6. The molecule has 1 N–H and O–H groups in total. The summed E-state index contributed by atoms with van der Waals surface area (Å²) in [4.78, 5) is 12.3. The average Bonchev–Trinajstić information content (AvgIpc) is 3.27. The number of nitrogens with one attached hydrogen (secondary N) is 1. The summed E-state index contributed by atoms with van der Waals surface area (Å²) in [5.74, 6) is 0.609. The molecule has 1 aromatic heterocycles. The van der Waals surface area contributed by atoms with Crippen LogP contribution in [-0.4, -0.2) is 21.5 Å². The second-order valence-electron chi connectivity index (χ2n) is 10.2. The molecule has 1 amide bonds. The number of alkyl halides is 3. The van der Waals surface area contributed by atoms with Gasteiger partial charge in [0.2, 0.25) is 0 Å². The lowest BCUT2D eigenvalue weighted by molar-refractivity contribution is -0.141. The van der Waals surface area contributed by atoms with E-state index in [1.807, 2.05) is 30.4 Å². The number of hydrogen-bond acceptors (Lipinski definition) is 4. The van der Waals surface area contributed by atoms with Crippen molar-refractivity contribution in [2.45, 2.75) is 52.0 Å². The molecule has 39 heavy (non-hydrogen) atoms. The highest BCUT2D eigenvalue weighted by Gasteiger charge is 2.36. The van der Waals surface area contributed by atoms with Crippen LogP contribution in [0.1, 0.15) is 45.0 Å². The van der Waals surface area contributed by atoms with Crippen molar-refractivity contribution in [1.29, 1.82) is 0 Å². The highest BCUT2D eigenvalue weighted by atomic mass is 35.5. The number of halogens is 5. The number of ether oxygens (including phenoxy) is 2. The normalized spacial score (nSPS) is 19.4. The van der Waals surface area contributed by atoms with Crippen molar-refractivity contribution in [2.75, 3.05) is 0 Å². The number of carbonyl (C=O) groups is 1.